The predicted molar refractivity (Wildman–Crippen MR) is 95.3 cm³/mol. The minimum Gasteiger partial charge on any atom is -0.312 e. The highest BCUT2D eigenvalue weighted by Crippen LogP contribution is 2.34. The maximum absolute atomic E-state index is 12.9. The summed E-state index contributed by atoms with van der Waals surface area (Å²) in [5.74, 6) is -0.0732. The van der Waals surface area contributed by atoms with Crippen molar-refractivity contribution >= 4 is 38.9 Å². The van der Waals surface area contributed by atoms with Gasteiger partial charge in [-0.3, -0.25) is 9.52 Å². The molecule has 144 valence electrons. The van der Waals surface area contributed by atoms with Crippen molar-refractivity contribution in [3.63, 3.8) is 0 Å². The molecule has 3 rings (SSSR count). The third-order valence-electron chi connectivity index (χ3n) is 4.03. The van der Waals surface area contributed by atoms with Crippen molar-refractivity contribution in [2.24, 2.45) is 0 Å². The number of alkyl halides is 3. The molecule has 2 aromatic rings. The number of nitrogens with zero attached hydrogens (tertiary/aromatic N) is 1. The van der Waals surface area contributed by atoms with Gasteiger partial charge in [0.2, 0.25) is 5.91 Å². The molecule has 0 saturated carbocycles. The van der Waals surface area contributed by atoms with Gasteiger partial charge in [-0.1, -0.05) is 17.7 Å². The smallest absolute Gasteiger partial charge is 0.312 e. The Morgan fingerprint density at radius 1 is 1.11 bits per heavy atom. The highest BCUT2D eigenvalue weighted by atomic mass is 35.5. The molecule has 1 saturated heterocycles. The van der Waals surface area contributed by atoms with Gasteiger partial charge in [-0.2, -0.15) is 13.2 Å². The van der Waals surface area contributed by atoms with E-state index in [9.17, 15) is 26.4 Å². The Balaban J connectivity index is 1.93. The van der Waals surface area contributed by atoms with Gasteiger partial charge in [0.25, 0.3) is 10.0 Å². The van der Waals surface area contributed by atoms with Crippen LogP contribution >= 0.6 is 11.6 Å². The first kappa shape index (κ1) is 19.5. The Bertz CT molecular complexity index is 993. The van der Waals surface area contributed by atoms with Crippen molar-refractivity contribution in [1.82, 2.24) is 0 Å². The van der Waals surface area contributed by atoms with Crippen LogP contribution in [-0.4, -0.2) is 20.9 Å². The molecule has 1 aliphatic heterocycles. The molecule has 0 aliphatic carbocycles. The molecule has 5 nitrogen and oxygen atoms in total. The normalized spacial score (nSPS) is 15.3. The number of halogens is 4. The number of benzene rings is 2. The Kier molecular flexibility index (Phi) is 5.09. The fourth-order valence-electron chi connectivity index (χ4n) is 2.75. The SMILES string of the molecule is O=C1CCCN1c1cccc(NS(=O)(=O)c2cc(C(F)(F)F)ccc2Cl)c1. The third-order valence-corrected chi connectivity index (χ3v) is 5.89. The number of carbonyl (C=O) groups excluding carboxylic acids is 1. The highest BCUT2D eigenvalue weighted by Gasteiger charge is 2.33. The average molecular weight is 419 g/mol. The second-order valence-electron chi connectivity index (χ2n) is 5.95. The molecule has 10 heteroatoms. The number of rotatable bonds is 4. The minimum absolute atomic E-state index is 0.0732. The van der Waals surface area contributed by atoms with E-state index in [1.165, 1.54) is 17.0 Å². The second kappa shape index (κ2) is 7.05. The Labute approximate surface area is 158 Å². The van der Waals surface area contributed by atoms with Gasteiger partial charge in [0.05, 0.1) is 16.3 Å². The van der Waals surface area contributed by atoms with Crippen LogP contribution in [0.3, 0.4) is 0 Å². The molecule has 27 heavy (non-hydrogen) atoms. The molecule has 1 fully saturated rings. The van der Waals surface area contributed by atoms with Crippen molar-refractivity contribution in [2.45, 2.75) is 23.9 Å². The zero-order valence-electron chi connectivity index (χ0n) is 13.8. The Morgan fingerprint density at radius 3 is 2.48 bits per heavy atom. The molecule has 1 amide bonds. The number of hydrogen-bond donors (Lipinski definition) is 1. The van der Waals surface area contributed by atoms with Crippen molar-refractivity contribution in [1.29, 1.82) is 0 Å². The predicted octanol–water partition coefficient (Wildman–Crippen LogP) is 4.29. The zero-order valence-corrected chi connectivity index (χ0v) is 15.3. The van der Waals surface area contributed by atoms with Crippen LogP contribution in [0.5, 0.6) is 0 Å². The molecule has 0 radical (unpaired) electrons. The maximum atomic E-state index is 12.9. The molecule has 2 aromatic carbocycles. The van der Waals surface area contributed by atoms with Gasteiger partial charge in [0.1, 0.15) is 4.90 Å². The van der Waals surface area contributed by atoms with Crippen LogP contribution in [0.1, 0.15) is 18.4 Å². The zero-order chi connectivity index (χ0) is 19.8. The van der Waals surface area contributed by atoms with Crippen molar-refractivity contribution in [2.75, 3.05) is 16.2 Å². The average Bonchev–Trinajstić information content (AvgIpc) is 3.00. The molecular weight excluding hydrogens is 405 g/mol. The molecule has 1 aliphatic rings. The quantitative estimate of drug-likeness (QED) is 0.805. The van der Waals surface area contributed by atoms with Gasteiger partial charge >= 0.3 is 6.18 Å². The summed E-state index contributed by atoms with van der Waals surface area (Å²) in [6.45, 7) is 0.522. The van der Waals surface area contributed by atoms with Gasteiger partial charge in [-0.15, -0.1) is 0 Å². The lowest BCUT2D eigenvalue weighted by Gasteiger charge is -2.17. The monoisotopic (exact) mass is 418 g/mol. The van der Waals surface area contributed by atoms with E-state index in [0.29, 0.717) is 37.2 Å². The fraction of sp³-hybridized carbons (Fsp3) is 0.235. The molecule has 0 unspecified atom stereocenters. The largest absolute Gasteiger partial charge is 0.416 e. The first-order chi connectivity index (χ1) is 12.6. The summed E-state index contributed by atoms with van der Waals surface area (Å²) < 4.78 is 66.0. The molecular formula is C17H14ClF3N2O3S. The Hall–Kier alpha value is -2.26. The molecule has 1 N–H and O–H groups in total. The van der Waals surface area contributed by atoms with Crippen LogP contribution in [-0.2, 0) is 21.0 Å². The van der Waals surface area contributed by atoms with Crippen molar-refractivity contribution < 1.29 is 26.4 Å². The lowest BCUT2D eigenvalue weighted by Crippen LogP contribution is -2.23. The van der Waals surface area contributed by atoms with Gasteiger partial charge in [0, 0.05) is 18.7 Å². The number of carbonyl (C=O) groups is 1. The van der Waals surface area contributed by atoms with Gasteiger partial charge < -0.3 is 4.90 Å². The lowest BCUT2D eigenvalue weighted by molar-refractivity contribution is -0.137. The van der Waals surface area contributed by atoms with E-state index in [-0.39, 0.29) is 16.6 Å². The first-order valence-electron chi connectivity index (χ1n) is 7.88. The topological polar surface area (TPSA) is 66.5 Å². The van der Waals surface area contributed by atoms with E-state index < -0.39 is 26.7 Å². The third kappa shape index (κ3) is 4.19. The lowest BCUT2D eigenvalue weighted by atomic mass is 10.2. The number of anilines is 2. The van der Waals surface area contributed by atoms with Gasteiger partial charge in [-0.05, 0) is 42.8 Å². The summed E-state index contributed by atoms with van der Waals surface area (Å²) in [5.41, 5.74) is -0.503. The first-order valence-corrected chi connectivity index (χ1v) is 9.74. The molecule has 0 bridgehead atoms. The van der Waals surface area contributed by atoms with Crippen LogP contribution in [0.15, 0.2) is 47.4 Å². The van der Waals surface area contributed by atoms with Gasteiger partial charge in [-0.25, -0.2) is 8.42 Å². The van der Waals surface area contributed by atoms with E-state index >= 15 is 0 Å². The summed E-state index contributed by atoms with van der Waals surface area (Å²) >= 11 is 5.81. The standard InChI is InChI=1S/C17H14ClF3N2O3S/c18-14-7-6-11(17(19,20)21)9-15(14)27(25,26)22-12-3-1-4-13(10-12)23-8-2-5-16(23)24/h1,3-4,6-7,9-10,22H,2,5,8H2. The van der Waals surface area contributed by atoms with Crippen LogP contribution < -0.4 is 9.62 Å². The summed E-state index contributed by atoms with van der Waals surface area (Å²) in [4.78, 5) is 12.7. The van der Waals surface area contributed by atoms with Crippen LogP contribution in [0.4, 0.5) is 24.5 Å². The summed E-state index contributed by atoms with van der Waals surface area (Å²) in [6.07, 6.45) is -3.59. The number of hydrogen-bond acceptors (Lipinski definition) is 3. The number of nitrogens with one attached hydrogen (secondary N) is 1. The summed E-state index contributed by atoms with van der Waals surface area (Å²) in [5, 5.41) is -0.332. The second-order valence-corrected chi connectivity index (χ2v) is 8.01. The molecule has 0 spiro atoms. The minimum atomic E-state index is -4.70. The van der Waals surface area contributed by atoms with Crippen LogP contribution in [0.25, 0.3) is 0 Å². The molecule has 0 atom stereocenters. The number of amides is 1. The summed E-state index contributed by atoms with van der Waals surface area (Å²) in [6, 6.07) is 8.16. The van der Waals surface area contributed by atoms with Crippen LogP contribution in [0.2, 0.25) is 5.02 Å². The van der Waals surface area contributed by atoms with E-state index in [1.54, 1.807) is 12.1 Å². The fourth-order valence-corrected chi connectivity index (χ4v) is 4.33. The highest BCUT2D eigenvalue weighted by molar-refractivity contribution is 7.92. The number of sulfonamides is 1. The van der Waals surface area contributed by atoms with Crippen molar-refractivity contribution in [3.05, 3.63) is 53.1 Å². The van der Waals surface area contributed by atoms with E-state index in [4.69, 9.17) is 11.6 Å². The van der Waals surface area contributed by atoms with E-state index in [1.807, 2.05) is 0 Å². The van der Waals surface area contributed by atoms with Crippen LogP contribution in [0, 0.1) is 0 Å². The van der Waals surface area contributed by atoms with Gasteiger partial charge in [0.15, 0.2) is 0 Å². The summed E-state index contributed by atoms with van der Waals surface area (Å²) in [7, 11) is -4.37. The van der Waals surface area contributed by atoms with Crippen molar-refractivity contribution in [3.8, 4) is 0 Å². The maximum Gasteiger partial charge on any atom is 0.416 e. The molecule has 0 aromatic heterocycles. The van der Waals surface area contributed by atoms with E-state index in [2.05, 4.69) is 4.72 Å². The molecule has 1 heterocycles. The Morgan fingerprint density at radius 2 is 1.85 bits per heavy atom. The van der Waals surface area contributed by atoms with E-state index in [0.717, 1.165) is 6.07 Å².